The lowest BCUT2D eigenvalue weighted by atomic mass is 10.2. The molecule has 0 saturated heterocycles. The van der Waals surface area contributed by atoms with E-state index in [0.29, 0.717) is 0 Å². The summed E-state index contributed by atoms with van der Waals surface area (Å²) in [6.45, 7) is 0. The van der Waals surface area contributed by atoms with Gasteiger partial charge in [0.05, 0.1) is 11.2 Å². The number of hydrogen-bond acceptors (Lipinski definition) is 3. The van der Waals surface area contributed by atoms with E-state index in [1.54, 1.807) is 12.1 Å². The van der Waals surface area contributed by atoms with Gasteiger partial charge in [-0.1, -0.05) is 29.3 Å². The molecule has 0 spiro atoms. The molecule has 19 heavy (non-hydrogen) atoms. The van der Waals surface area contributed by atoms with Gasteiger partial charge < -0.3 is 9.84 Å². The van der Waals surface area contributed by atoms with Crippen LogP contribution in [0.1, 0.15) is 10.4 Å². The molecule has 4 nitrogen and oxygen atoms in total. The van der Waals surface area contributed by atoms with Gasteiger partial charge in [-0.2, -0.15) is 0 Å². The third-order valence-corrected chi connectivity index (χ3v) is 2.97. The van der Waals surface area contributed by atoms with Gasteiger partial charge in [-0.05, 0) is 18.2 Å². The highest BCUT2D eigenvalue weighted by Crippen LogP contribution is 2.34. The Morgan fingerprint density at radius 3 is 2.79 bits per heavy atom. The fourth-order valence-corrected chi connectivity index (χ4v) is 1.66. The average molecular weight is 302 g/mol. The summed E-state index contributed by atoms with van der Waals surface area (Å²) in [4.78, 5) is 14.6. The molecule has 0 saturated carbocycles. The molecular weight excluding hydrogens is 296 g/mol. The summed E-state index contributed by atoms with van der Waals surface area (Å²) in [5.41, 5.74) is -0.406. The number of nitrogens with zero attached hydrogens (tertiary/aromatic N) is 1. The molecule has 0 radical (unpaired) electrons. The number of pyridine rings is 1. The van der Waals surface area contributed by atoms with Gasteiger partial charge in [0, 0.05) is 0 Å². The monoisotopic (exact) mass is 301 g/mol. The normalized spacial score (nSPS) is 10.3. The van der Waals surface area contributed by atoms with Crippen LogP contribution in [-0.4, -0.2) is 16.1 Å². The maximum atomic E-state index is 13.0. The van der Waals surface area contributed by atoms with Crippen molar-refractivity contribution in [3.8, 4) is 11.6 Å². The Kier molecular flexibility index (Phi) is 3.87. The summed E-state index contributed by atoms with van der Waals surface area (Å²) in [5, 5.41) is 9.31. The van der Waals surface area contributed by atoms with Crippen LogP contribution in [0, 0.1) is 5.82 Å². The van der Waals surface area contributed by atoms with Crippen LogP contribution >= 0.6 is 23.2 Å². The molecule has 0 aliphatic heterocycles. The highest BCUT2D eigenvalue weighted by molar-refractivity contribution is 6.42. The number of benzene rings is 1. The van der Waals surface area contributed by atoms with Crippen LogP contribution in [0.2, 0.25) is 10.0 Å². The fraction of sp³-hybridized carbons (Fsp3) is 0. The molecule has 7 heteroatoms. The lowest BCUT2D eigenvalue weighted by molar-refractivity contribution is 0.0692. The van der Waals surface area contributed by atoms with E-state index in [2.05, 4.69) is 4.98 Å². The van der Waals surface area contributed by atoms with Gasteiger partial charge in [0.1, 0.15) is 22.2 Å². The molecule has 1 aromatic carbocycles. The third-order valence-electron chi connectivity index (χ3n) is 2.17. The number of carbonyl (C=O) groups is 1. The summed E-state index contributed by atoms with van der Waals surface area (Å²) < 4.78 is 18.2. The van der Waals surface area contributed by atoms with Crippen LogP contribution in [0.5, 0.6) is 11.6 Å². The average Bonchev–Trinajstić information content (AvgIpc) is 2.36. The first-order valence-corrected chi connectivity index (χ1v) is 5.75. The van der Waals surface area contributed by atoms with Crippen LogP contribution in [0.3, 0.4) is 0 Å². The molecule has 0 fully saturated rings. The Balaban J connectivity index is 2.44. The lowest BCUT2D eigenvalue weighted by Crippen LogP contribution is -2.03. The Morgan fingerprint density at radius 2 is 2.11 bits per heavy atom. The molecule has 98 valence electrons. The van der Waals surface area contributed by atoms with Gasteiger partial charge in [-0.15, -0.1) is 0 Å². The van der Waals surface area contributed by atoms with Crippen molar-refractivity contribution < 1.29 is 19.0 Å². The first-order chi connectivity index (χ1) is 8.99. The SMILES string of the molecule is O=C(O)c1cc(F)cnc1Oc1cccc(Cl)c1Cl. The van der Waals surface area contributed by atoms with E-state index in [0.717, 1.165) is 12.3 Å². The number of rotatable bonds is 3. The van der Waals surface area contributed by atoms with Gasteiger partial charge in [0.2, 0.25) is 5.88 Å². The largest absolute Gasteiger partial charge is 0.477 e. The molecule has 1 N–H and O–H groups in total. The molecule has 0 amide bonds. The zero-order valence-corrected chi connectivity index (χ0v) is 10.7. The second kappa shape index (κ2) is 5.42. The van der Waals surface area contributed by atoms with Crippen molar-refractivity contribution in [3.05, 3.63) is 51.9 Å². The minimum Gasteiger partial charge on any atom is -0.477 e. The van der Waals surface area contributed by atoms with Crippen LogP contribution in [0.4, 0.5) is 4.39 Å². The Hall–Kier alpha value is -1.85. The summed E-state index contributed by atoms with van der Waals surface area (Å²) in [7, 11) is 0. The standard InChI is InChI=1S/C12H6Cl2FNO3/c13-8-2-1-3-9(10(8)14)19-11-7(12(17)18)4-6(15)5-16-11/h1-5H,(H,17,18). The quantitative estimate of drug-likeness (QED) is 0.930. The minimum atomic E-state index is -1.36. The zero-order valence-electron chi connectivity index (χ0n) is 9.23. The Labute approximate surface area is 117 Å². The van der Waals surface area contributed by atoms with Gasteiger partial charge in [0.25, 0.3) is 0 Å². The van der Waals surface area contributed by atoms with Gasteiger partial charge in [-0.25, -0.2) is 14.2 Å². The molecule has 0 unspecified atom stereocenters. The smallest absolute Gasteiger partial charge is 0.341 e. The fourth-order valence-electron chi connectivity index (χ4n) is 1.33. The van der Waals surface area contributed by atoms with Gasteiger partial charge in [0.15, 0.2) is 0 Å². The third kappa shape index (κ3) is 2.94. The summed E-state index contributed by atoms with van der Waals surface area (Å²) >= 11 is 11.7. The molecule has 0 bridgehead atoms. The van der Waals surface area contributed by atoms with E-state index in [1.807, 2.05) is 0 Å². The van der Waals surface area contributed by atoms with Crippen molar-refractivity contribution in [2.45, 2.75) is 0 Å². The van der Waals surface area contributed by atoms with Crippen LogP contribution < -0.4 is 4.74 Å². The number of hydrogen-bond donors (Lipinski definition) is 1. The van der Waals surface area contributed by atoms with Gasteiger partial charge in [-0.3, -0.25) is 0 Å². The second-order valence-corrected chi connectivity index (χ2v) is 4.25. The zero-order chi connectivity index (χ0) is 14.0. The number of carboxylic acids is 1. The van der Waals surface area contributed by atoms with E-state index in [4.69, 9.17) is 33.0 Å². The van der Waals surface area contributed by atoms with Crippen LogP contribution in [0.15, 0.2) is 30.5 Å². The van der Waals surface area contributed by atoms with Crippen molar-refractivity contribution in [2.75, 3.05) is 0 Å². The molecule has 0 atom stereocenters. The molecule has 0 aliphatic rings. The first kappa shape index (κ1) is 13.6. The van der Waals surface area contributed by atoms with Crippen molar-refractivity contribution in [3.63, 3.8) is 0 Å². The number of aromatic nitrogens is 1. The van der Waals surface area contributed by atoms with Crippen molar-refractivity contribution >= 4 is 29.2 Å². The second-order valence-electron chi connectivity index (χ2n) is 3.47. The molecule has 2 aromatic rings. The van der Waals surface area contributed by atoms with Crippen molar-refractivity contribution in [2.24, 2.45) is 0 Å². The topological polar surface area (TPSA) is 59.4 Å². The van der Waals surface area contributed by atoms with Crippen molar-refractivity contribution in [1.29, 1.82) is 0 Å². The van der Waals surface area contributed by atoms with E-state index in [-0.39, 0.29) is 21.7 Å². The van der Waals surface area contributed by atoms with Gasteiger partial charge >= 0.3 is 5.97 Å². The summed E-state index contributed by atoms with van der Waals surface area (Å²) in [5.74, 6) is -2.27. The number of ether oxygens (including phenoxy) is 1. The predicted octanol–water partition coefficient (Wildman–Crippen LogP) is 4.02. The molecule has 0 aliphatic carbocycles. The summed E-state index contributed by atoms with van der Waals surface area (Å²) in [6, 6.07) is 5.43. The van der Waals surface area contributed by atoms with Crippen LogP contribution in [-0.2, 0) is 0 Å². The Bertz CT molecular complexity index is 649. The molecular formula is C12H6Cl2FNO3. The highest BCUT2D eigenvalue weighted by Gasteiger charge is 2.16. The lowest BCUT2D eigenvalue weighted by Gasteiger charge is -2.09. The summed E-state index contributed by atoms with van der Waals surface area (Å²) in [6.07, 6.45) is 0.847. The number of aromatic carboxylic acids is 1. The maximum Gasteiger partial charge on any atom is 0.341 e. The maximum absolute atomic E-state index is 13.0. The molecule has 1 heterocycles. The van der Waals surface area contributed by atoms with Crippen molar-refractivity contribution in [1.82, 2.24) is 4.98 Å². The molecule has 1 aromatic heterocycles. The number of carboxylic acid groups (broad SMARTS) is 1. The van der Waals surface area contributed by atoms with E-state index in [1.165, 1.54) is 6.07 Å². The Morgan fingerprint density at radius 1 is 1.37 bits per heavy atom. The minimum absolute atomic E-state index is 0.117. The van der Waals surface area contributed by atoms with E-state index >= 15 is 0 Å². The van der Waals surface area contributed by atoms with E-state index in [9.17, 15) is 9.18 Å². The first-order valence-electron chi connectivity index (χ1n) is 4.99. The highest BCUT2D eigenvalue weighted by atomic mass is 35.5. The molecule has 2 rings (SSSR count). The number of halogens is 3. The van der Waals surface area contributed by atoms with E-state index < -0.39 is 17.3 Å². The predicted molar refractivity (Wildman–Crippen MR) is 67.7 cm³/mol. The van der Waals surface area contributed by atoms with Crippen LogP contribution in [0.25, 0.3) is 0 Å².